The van der Waals surface area contributed by atoms with Crippen molar-refractivity contribution in [2.24, 2.45) is 0 Å². The topological polar surface area (TPSA) is 81.5 Å². The van der Waals surface area contributed by atoms with Crippen molar-refractivity contribution in [1.82, 2.24) is 9.80 Å². The summed E-state index contributed by atoms with van der Waals surface area (Å²) in [6, 6.07) is 5.75. The number of carbonyl (C=O) groups excluding carboxylic acids is 2. The Morgan fingerprint density at radius 3 is 2.81 bits per heavy atom. The molecule has 1 aromatic carbocycles. The van der Waals surface area contributed by atoms with Gasteiger partial charge in [0.25, 0.3) is 0 Å². The van der Waals surface area contributed by atoms with Crippen LogP contribution in [0.15, 0.2) is 41.2 Å². The van der Waals surface area contributed by atoms with Crippen molar-refractivity contribution in [3.63, 3.8) is 0 Å². The molecular formula is C28H32N2O6. The van der Waals surface area contributed by atoms with Crippen LogP contribution in [-0.4, -0.2) is 73.2 Å². The first kappa shape index (κ1) is 23.2. The molecule has 0 radical (unpaired) electrons. The number of nitrogens with zero attached hydrogens (tertiary/aromatic N) is 2. The number of carbonyl (C=O) groups is 2. The van der Waals surface area contributed by atoms with Crippen molar-refractivity contribution in [2.45, 2.75) is 61.8 Å². The molecule has 1 amide bonds. The van der Waals surface area contributed by atoms with Gasteiger partial charge in [-0.2, -0.15) is 0 Å². The molecule has 6 rings (SSSR count). The van der Waals surface area contributed by atoms with E-state index in [1.54, 1.807) is 36.7 Å². The van der Waals surface area contributed by atoms with Gasteiger partial charge in [-0.3, -0.25) is 14.5 Å². The maximum Gasteiger partial charge on any atom is 0.303 e. The van der Waals surface area contributed by atoms with Gasteiger partial charge in [-0.05, 0) is 63.0 Å². The molecule has 190 valence electrons. The fourth-order valence-electron chi connectivity index (χ4n) is 7.53. The summed E-state index contributed by atoms with van der Waals surface area (Å²) in [6.07, 6.45) is 9.02. The molecule has 2 aliphatic heterocycles. The van der Waals surface area contributed by atoms with Crippen molar-refractivity contribution < 1.29 is 28.2 Å². The molecule has 2 unspecified atom stereocenters. The van der Waals surface area contributed by atoms with Crippen molar-refractivity contribution in [1.29, 1.82) is 0 Å². The number of methoxy groups -OCH3 is 1. The quantitative estimate of drug-likeness (QED) is 0.468. The second kappa shape index (κ2) is 8.13. The molecule has 36 heavy (non-hydrogen) atoms. The average molecular weight is 493 g/mol. The summed E-state index contributed by atoms with van der Waals surface area (Å²) >= 11 is 0. The summed E-state index contributed by atoms with van der Waals surface area (Å²) in [5.41, 5.74) is 1.86. The number of piperidine rings is 1. The van der Waals surface area contributed by atoms with Crippen LogP contribution in [-0.2, 0) is 26.2 Å². The molecular weight excluding hydrogens is 460 g/mol. The van der Waals surface area contributed by atoms with Crippen LogP contribution in [0.25, 0.3) is 6.08 Å². The molecule has 2 bridgehead atoms. The van der Waals surface area contributed by atoms with Gasteiger partial charge in [0.15, 0.2) is 11.5 Å². The molecule has 5 atom stereocenters. The Morgan fingerprint density at radius 2 is 2.08 bits per heavy atom. The van der Waals surface area contributed by atoms with E-state index >= 15 is 0 Å². The predicted molar refractivity (Wildman–Crippen MR) is 132 cm³/mol. The highest BCUT2D eigenvalue weighted by Gasteiger charge is 2.75. The smallest absolute Gasteiger partial charge is 0.303 e. The monoisotopic (exact) mass is 492 g/mol. The minimum atomic E-state index is -0.728. The number of amides is 1. The van der Waals surface area contributed by atoms with E-state index in [9.17, 15) is 9.59 Å². The van der Waals surface area contributed by atoms with Crippen LogP contribution in [0.5, 0.6) is 11.5 Å². The maximum absolute atomic E-state index is 13.3. The Hall–Kier alpha value is -3.26. The van der Waals surface area contributed by atoms with Crippen LogP contribution in [0.4, 0.5) is 0 Å². The molecule has 4 aliphatic rings. The molecule has 2 fully saturated rings. The zero-order valence-corrected chi connectivity index (χ0v) is 21.2. The Labute approximate surface area is 210 Å². The van der Waals surface area contributed by atoms with Crippen LogP contribution >= 0.6 is 0 Å². The molecule has 1 saturated carbocycles. The molecule has 2 aliphatic carbocycles. The summed E-state index contributed by atoms with van der Waals surface area (Å²) in [5.74, 6) is 1.03. The van der Waals surface area contributed by atoms with Crippen LogP contribution in [0.3, 0.4) is 0 Å². The first-order valence-corrected chi connectivity index (χ1v) is 12.6. The minimum Gasteiger partial charge on any atom is -0.493 e. The zero-order valence-electron chi connectivity index (χ0n) is 21.2. The lowest BCUT2D eigenvalue weighted by Crippen LogP contribution is -2.78. The third-order valence-corrected chi connectivity index (χ3v) is 9.00. The Morgan fingerprint density at radius 1 is 1.25 bits per heavy atom. The molecule has 8 heteroatoms. The highest BCUT2D eigenvalue weighted by Crippen LogP contribution is 2.67. The van der Waals surface area contributed by atoms with Gasteiger partial charge >= 0.3 is 5.97 Å². The van der Waals surface area contributed by atoms with Gasteiger partial charge in [0, 0.05) is 31.2 Å². The number of likely N-dealkylation sites (tertiary alicyclic amines) is 1. The van der Waals surface area contributed by atoms with Gasteiger partial charge in [0.05, 0.1) is 37.1 Å². The lowest BCUT2D eigenvalue weighted by molar-refractivity contribution is -0.220. The van der Waals surface area contributed by atoms with Crippen molar-refractivity contribution >= 4 is 18.0 Å². The standard InChI is InChI=1S/C28H32N2O6/c1-17(31)36-28-11-9-20(30(3)23(32)8-5-18-10-14-34-16-18)26-27(28)12-13-29(2)22(28)15-19-6-7-21(33-4)25(35-26)24(19)27/h5-8,10,14,16,20,22,26H,9,11-13,15H2,1-4H3/b8-5+/t20?,22-,26?,27+,28-/m1/s1. The van der Waals surface area contributed by atoms with Gasteiger partial charge < -0.3 is 23.5 Å². The molecule has 1 spiro atoms. The largest absolute Gasteiger partial charge is 0.493 e. The molecule has 0 N–H and O–H groups in total. The summed E-state index contributed by atoms with van der Waals surface area (Å²) in [6.45, 7) is 2.35. The van der Waals surface area contributed by atoms with Gasteiger partial charge in [0.2, 0.25) is 5.91 Å². The van der Waals surface area contributed by atoms with Gasteiger partial charge in [0.1, 0.15) is 11.7 Å². The number of benzene rings is 1. The summed E-state index contributed by atoms with van der Waals surface area (Å²) < 4.78 is 24.0. The summed E-state index contributed by atoms with van der Waals surface area (Å²) in [4.78, 5) is 30.0. The Balaban J connectivity index is 1.47. The second-order valence-electron chi connectivity index (χ2n) is 10.5. The van der Waals surface area contributed by atoms with Gasteiger partial charge in [-0.15, -0.1) is 0 Å². The lowest BCUT2D eigenvalue weighted by atomic mass is 9.48. The van der Waals surface area contributed by atoms with Crippen LogP contribution < -0.4 is 9.47 Å². The maximum atomic E-state index is 13.3. The predicted octanol–water partition coefficient (Wildman–Crippen LogP) is 3.18. The minimum absolute atomic E-state index is 0.0380. The molecule has 8 nitrogen and oxygen atoms in total. The number of esters is 1. The Kier molecular flexibility index (Phi) is 5.23. The normalized spacial score (nSPS) is 32.1. The zero-order chi connectivity index (χ0) is 25.2. The SMILES string of the molecule is COc1ccc2c3c1OC1C(N(C)C(=O)/C=C/c4ccoc4)CC[C@@]4(OC(C)=O)[C@@H](C2)N(C)CC[C@]314. The second-order valence-corrected chi connectivity index (χ2v) is 10.5. The first-order valence-electron chi connectivity index (χ1n) is 12.6. The average Bonchev–Trinajstić information content (AvgIpc) is 3.50. The highest BCUT2D eigenvalue weighted by molar-refractivity contribution is 5.92. The van der Waals surface area contributed by atoms with E-state index in [4.69, 9.17) is 18.6 Å². The first-order chi connectivity index (χ1) is 17.3. The van der Waals surface area contributed by atoms with Gasteiger partial charge in [-0.25, -0.2) is 0 Å². The molecule has 1 saturated heterocycles. The number of rotatable bonds is 5. The number of likely N-dealkylation sites (N-methyl/N-ethyl adjacent to an activating group) is 2. The highest BCUT2D eigenvalue weighted by atomic mass is 16.6. The molecule has 3 heterocycles. The summed E-state index contributed by atoms with van der Waals surface area (Å²) in [7, 11) is 5.60. The fourth-order valence-corrected chi connectivity index (χ4v) is 7.53. The third-order valence-electron chi connectivity index (χ3n) is 9.00. The van der Waals surface area contributed by atoms with E-state index in [2.05, 4.69) is 18.0 Å². The van der Waals surface area contributed by atoms with E-state index in [1.165, 1.54) is 12.5 Å². The number of hydrogen-bond donors (Lipinski definition) is 0. The molecule has 2 aromatic rings. The van der Waals surface area contributed by atoms with E-state index < -0.39 is 11.0 Å². The Bertz CT molecular complexity index is 1240. The number of furan rings is 1. The van der Waals surface area contributed by atoms with Crippen LogP contribution in [0, 0.1) is 0 Å². The van der Waals surface area contributed by atoms with Crippen LogP contribution in [0.1, 0.15) is 42.9 Å². The molecule has 1 aromatic heterocycles. The van der Waals surface area contributed by atoms with Crippen molar-refractivity contribution in [3.05, 3.63) is 53.5 Å². The van der Waals surface area contributed by atoms with Crippen molar-refractivity contribution in [3.8, 4) is 11.5 Å². The van der Waals surface area contributed by atoms with E-state index in [-0.39, 0.29) is 30.1 Å². The third kappa shape index (κ3) is 2.97. The summed E-state index contributed by atoms with van der Waals surface area (Å²) in [5, 5.41) is 0. The van der Waals surface area contributed by atoms with E-state index in [0.717, 1.165) is 36.3 Å². The van der Waals surface area contributed by atoms with Crippen molar-refractivity contribution in [2.75, 3.05) is 27.7 Å². The fraction of sp³-hybridized carbons (Fsp3) is 0.500. The van der Waals surface area contributed by atoms with E-state index in [1.807, 2.05) is 19.2 Å². The van der Waals surface area contributed by atoms with E-state index in [0.29, 0.717) is 18.6 Å². The van der Waals surface area contributed by atoms with Gasteiger partial charge in [-0.1, -0.05) is 6.07 Å². The van der Waals surface area contributed by atoms with Crippen LogP contribution in [0.2, 0.25) is 0 Å². The lowest BCUT2D eigenvalue weighted by Gasteiger charge is -2.65. The number of hydrogen-bond acceptors (Lipinski definition) is 7. The number of ether oxygens (including phenoxy) is 3.